The van der Waals surface area contributed by atoms with E-state index < -0.39 is 0 Å². The molecule has 0 unspecified atom stereocenters. The number of aromatic nitrogens is 2. The van der Waals surface area contributed by atoms with Crippen LogP contribution in [0, 0.1) is 0 Å². The fourth-order valence-electron chi connectivity index (χ4n) is 3.00. The van der Waals surface area contributed by atoms with Crippen LogP contribution < -0.4 is 9.64 Å². The van der Waals surface area contributed by atoms with Crippen LogP contribution in [0.15, 0.2) is 42.5 Å². The molecular formula is C19H25ClN4O. The summed E-state index contributed by atoms with van der Waals surface area (Å²) in [5.41, 5.74) is 0. The number of para-hydroxylation sites is 1. The van der Waals surface area contributed by atoms with Gasteiger partial charge in [-0.25, -0.2) is 0 Å². The molecule has 1 saturated heterocycles. The van der Waals surface area contributed by atoms with Gasteiger partial charge in [-0.15, -0.1) is 10.2 Å². The summed E-state index contributed by atoms with van der Waals surface area (Å²) < 4.78 is 5.73. The van der Waals surface area contributed by atoms with Crippen molar-refractivity contribution in [2.75, 3.05) is 44.2 Å². The fraction of sp³-hybridized carbons (Fsp3) is 0.474. The van der Waals surface area contributed by atoms with Crippen molar-refractivity contribution in [2.24, 2.45) is 0 Å². The standard InChI is InChI=1S/C19H25ClN4O/c20-18-9-10-19(22-21-18)24-14-12-23(13-15-24)11-5-2-6-16-25-17-7-3-1-4-8-17/h1,3-4,7-10H,2,5-6,11-16H2. The zero-order chi connectivity index (χ0) is 17.3. The lowest BCUT2D eigenvalue weighted by molar-refractivity contribution is 0.245. The van der Waals surface area contributed by atoms with E-state index in [1.807, 2.05) is 36.4 Å². The van der Waals surface area contributed by atoms with E-state index in [0.29, 0.717) is 5.15 Å². The predicted molar refractivity (Wildman–Crippen MR) is 101 cm³/mol. The summed E-state index contributed by atoms with van der Waals surface area (Å²) in [7, 11) is 0. The van der Waals surface area contributed by atoms with Crippen molar-refractivity contribution in [3.63, 3.8) is 0 Å². The smallest absolute Gasteiger partial charge is 0.151 e. The van der Waals surface area contributed by atoms with Gasteiger partial charge in [0.1, 0.15) is 5.75 Å². The number of benzene rings is 1. The van der Waals surface area contributed by atoms with Crippen molar-refractivity contribution in [3.8, 4) is 5.75 Å². The molecule has 3 rings (SSSR count). The SMILES string of the molecule is Clc1ccc(N2CCN(CCCCCOc3ccccc3)CC2)nn1. The molecule has 6 heteroatoms. The van der Waals surface area contributed by atoms with E-state index in [4.69, 9.17) is 16.3 Å². The highest BCUT2D eigenvalue weighted by atomic mass is 35.5. The molecule has 1 aromatic heterocycles. The molecule has 0 amide bonds. The molecule has 25 heavy (non-hydrogen) atoms. The number of piperazine rings is 1. The quantitative estimate of drug-likeness (QED) is 0.674. The van der Waals surface area contributed by atoms with E-state index in [2.05, 4.69) is 20.0 Å². The molecule has 1 aromatic carbocycles. The van der Waals surface area contributed by atoms with Crippen molar-refractivity contribution in [1.82, 2.24) is 15.1 Å². The molecule has 0 radical (unpaired) electrons. The molecule has 1 aliphatic heterocycles. The maximum atomic E-state index is 5.79. The normalized spacial score (nSPS) is 15.3. The third kappa shape index (κ3) is 5.87. The first-order chi connectivity index (χ1) is 12.3. The Morgan fingerprint density at radius 2 is 1.68 bits per heavy atom. The first-order valence-corrected chi connectivity index (χ1v) is 9.33. The summed E-state index contributed by atoms with van der Waals surface area (Å²) in [5.74, 6) is 1.88. The minimum absolute atomic E-state index is 0.443. The Morgan fingerprint density at radius 1 is 0.880 bits per heavy atom. The van der Waals surface area contributed by atoms with Crippen LogP contribution in [0.3, 0.4) is 0 Å². The predicted octanol–water partition coefficient (Wildman–Crippen LogP) is 3.50. The fourth-order valence-corrected chi connectivity index (χ4v) is 3.10. The lowest BCUT2D eigenvalue weighted by Gasteiger charge is -2.35. The number of hydrogen-bond donors (Lipinski definition) is 0. The molecule has 1 aliphatic rings. The molecule has 0 bridgehead atoms. The molecule has 0 saturated carbocycles. The Bertz CT molecular complexity index is 615. The Kier molecular flexibility index (Phi) is 6.89. The number of unbranched alkanes of at least 4 members (excludes halogenated alkanes) is 2. The Hall–Kier alpha value is -1.85. The van der Waals surface area contributed by atoms with Crippen LogP contribution in [0.25, 0.3) is 0 Å². The van der Waals surface area contributed by atoms with Gasteiger partial charge in [-0.05, 0) is 50.1 Å². The number of hydrogen-bond acceptors (Lipinski definition) is 5. The Balaban J connectivity index is 1.26. The lowest BCUT2D eigenvalue weighted by Crippen LogP contribution is -2.47. The van der Waals surface area contributed by atoms with Crippen molar-refractivity contribution in [2.45, 2.75) is 19.3 Å². The summed E-state index contributed by atoms with van der Waals surface area (Å²) >= 11 is 5.79. The number of nitrogens with zero attached hydrogens (tertiary/aromatic N) is 4. The number of halogens is 1. The summed E-state index contributed by atoms with van der Waals surface area (Å²) in [6.45, 7) is 6.09. The molecule has 0 N–H and O–H groups in total. The molecule has 2 heterocycles. The number of ether oxygens (including phenoxy) is 1. The highest BCUT2D eigenvalue weighted by molar-refractivity contribution is 6.29. The van der Waals surface area contributed by atoms with Crippen LogP contribution in [0.2, 0.25) is 5.15 Å². The lowest BCUT2D eigenvalue weighted by atomic mass is 10.2. The van der Waals surface area contributed by atoms with E-state index in [1.54, 1.807) is 6.07 Å². The second kappa shape index (κ2) is 9.59. The van der Waals surface area contributed by atoms with Crippen LogP contribution >= 0.6 is 11.6 Å². The van der Waals surface area contributed by atoms with Gasteiger partial charge < -0.3 is 9.64 Å². The van der Waals surface area contributed by atoms with Crippen molar-refractivity contribution in [1.29, 1.82) is 0 Å². The molecule has 134 valence electrons. The van der Waals surface area contributed by atoms with E-state index >= 15 is 0 Å². The second-order valence-electron chi connectivity index (χ2n) is 6.27. The molecular weight excluding hydrogens is 336 g/mol. The first-order valence-electron chi connectivity index (χ1n) is 8.96. The highest BCUT2D eigenvalue weighted by Gasteiger charge is 2.17. The van der Waals surface area contributed by atoms with Gasteiger partial charge in [0.15, 0.2) is 11.0 Å². The van der Waals surface area contributed by atoms with E-state index in [9.17, 15) is 0 Å². The van der Waals surface area contributed by atoms with Crippen LogP contribution in [-0.2, 0) is 0 Å². The van der Waals surface area contributed by atoms with Gasteiger partial charge in [-0.2, -0.15) is 0 Å². The van der Waals surface area contributed by atoms with Crippen LogP contribution in [-0.4, -0.2) is 54.4 Å². The molecule has 0 aliphatic carbocycles. The second-order valence-corrected chi connectivity index (χ2v) is 6.65. The monoisotopic (exact) mass is 360 g/mol. The van der Waals surface area contributed by atoms with E-state index in [1.165, 1.54) is 12.8 Å². The molecule has 1 fully saturated rings. The zero-order valence-corrected chi connectivity index (χ0v) is 15.2. The zero-order valence-electron chi connectivity index (χ0n) is 14.5. The van der Waals surface area contributed by atoms with Gasteiger partial charge in [-0.3, -0.25) is 4.90 Å². The van der Waals surface area contributed by atoms with E-state index in [0.717, 1.165) is 57.3 Å². The van der Waals surface area contributed by atoms with Gasteiger partial charge in [0, 0.05) is 26.2 Å². The van der Waals surface area contributed by atoms with Crippen LogP contribution in [0.5, 0.6) is 5.75 Å². The van der Waals surface area contributed by atoms with Gasteiger partial charge in [0.25, 0.3) is 0 Å². The average Bonchev–Trinajstić information content (AvgIpc) is 2.67. The average molecular weight is 361 g/mol. The summed E-state index contributed by atoms with van der Waals surface area (Å²) in [6.07, 6.45) is 3.53. The largest absolute Gasteiger partial charge is 0.494 e. The summed E-state index contributed by atoms with van der Waals surface area (Å²) in [4.78, 5) is 4.80. The number of rotatable bonds is 8. The van der Waals surface area contributed by atoms with Crippen LogP contribution in [0.1, 0.15) is 19.3 Å². The van der Waals surface area contributed by atoms with Crippen molar-refractivity contribution in [3.05, 3.63) is 47.6 Å². The molecule has 2 aromatic rings. The maximum absolute atomic E-state index is 5.79. The Labute approximate surface area is 154 Å². The summed E-state index contributed by atoms with van der Waals surface area (Å²) in [5, 5.41) is 8.52. The third-order valence-electron chi connectivity index (χ3n) is 4.44. The molecule has 0 atom stereocenters. The van der Waals surface area contributed by atoms with Crippen LogP contribution in [0.4, 0.5) is 5.82 Å². The topological polar surface area (TPSA) is 41.5 Å². The third-order valence-corrected chi connectivity index (χ3v) is 4.65. The van der Waals surface area contributed by atoms with Crippen molar-refractivity contribution >= 4 is 17.4 Å². The van der Waals surface area contributed by atoms with E-state index in [-0.39, 0.29) is 0 Å². The minimum atomic E-state index is 0.443. The van der Waals surface area contributed by atoms with Gasteiger partial charge in [-0.1, -0.05) is 29.8 Å². The van der Waals surface area contributed by atoms with Gasteiger partial charge in [0.2, 0.25) is 0 Å². The molecule has 0 spiro atoms. The van der Waals surface area contributed by atoms with Gasteiger partial charge >= 0.3 is 0 Å². The number of anilines is 1. The summed E-state index contributed by atoms with van der Waals surface area (Å²) in [6, 6.07) is 13.8. The first kappa shape index (κ1) is 18.0. The van der Waals surface area contributed by atoms with Crippen molar-refractivity contribution < 1.29 is 4.74 Å². The molecule has 5 nitrogen and oxygen atoms in total. The van der Waals surface area contributed by atoms with Gasteiger partial charge in [0.05, 0.1) is 6.61 Å². The Morgan fingerprint density at radius 3 is 2.40 bits per heavy atom. The minimum Gasteiger partial charge on any atom is -0.494 e. The maximum Gasteiger partial charge on any atom is 0.151 e. The highest BCUT2D eigenvalue weighted by Crippen LogP contribution is 2.15.